The minimum atomic E-state index is 0.124. The van der Waals surface area contributed by atoms with Crippen LogP contribution in [0.3, 0.4) is 0 Å². The van der Waals surface area contributed by atoms with E-state index in [0.29, 0.717) is 12.5 Å². The van der Waals surface area contributed by atoms with E-state index in [1.54, 1.807) is 0 Å². The monoisotopic (exact) mass is 284 g/mol. The van der Waals surface area contributed by atoms with Crippen LogP contribution in [0.2, 0.25) is 0 Å². The van der Waals surface area contributed by atoms with Crippen LogP contribution in [-0.4, -0.2) is 25.7 Å². The first-order chi connectivity index (χ1) is 7.75. The Morgan fingerprint density at radius 3 is 2.81 bits per heavy atom. The fourth-order valence-electron chi connectivity index (χ4n) is 1.90. The van der Waals surface area contributed by atoms with Gasteiger partial charge in [-0.2, -0.15) is 0 Å². The predicted octanol–water partition coefficient (Wildman–Crippen LogP) is 1.76. The van der Waals surface area contributed by atoms with Crippen molar-refractivity contribution in [3.05, 3.63) is 28.7 Å². The number of hydrogen-bond acceptors (Lipinski definition) is 3. The van der Waals surface area contributed by atoms with Gasteiger partial charge in [-0.1, -0.05) is 15.9 Å². The Labute approximate surface area is 104 Å². The Kier molecular flexibility index (Phi) is 4.21. The number of benzene rings is 1. The summed E-state index contributed by atoms with van der Waals surface area (Å²) in [7, 11) is 0. The van der Waals surface area contributed by atoms with E-state index < -0.39 is 0 Å². The maximum atomic E-state index is 6.08. The van der Waals surface area contributed by atoms with E-state index in [4.69, 9.17) is 10.5 Å². The van der Waals surface area contributed by atoms with Gasteiger partial charge in [-0.3, -0.25) is 0 Å². The summed E-state index contributed by atoms with van der Waals surface area (Å²) in [6.45, 7) is 2.69. The summed E-state index contributed by atoms with van der Waals surface area (Å²) < 4.78 is 6.72. The van der Waals surface area contributed by atoms with Crippen LogP contribution in [0.25, 0.3) is 0 Å². The number of halogens is 1. The number of rotatable bonds is 4. The van der Waals surface area contributed by atoms with Crippen molar-refractivity contribution in [1.82, 2.24) is 5.32 Å². The Balaban J connectivity index is 1.80. The van der Waals surface area contributed by atoms with Gasteiger partial charge < -0.3 is 15.8 Å². The lowest BCUT2D eigenvalue weighted by molar-refractivity contribution is 0.252. The topological polar surface area (TPSA) is 47.3 Å². The number of nitrogens with one attached hydrogen (secondary N) is 1. The molecule has 0 spiro atoms. The molecule has 1 aromatic carbocycles. The quantitative estimate of drug-likeness (QED) is 0.886. The molecule has 1 saturated heterocycles. The van der Waals surface area contributed by atoms with Gasteiger partial charge >= 0.3 is 0 Å². The molecule has 1 fully saturated rings. The Morgan fingerprint density at radius 2 is 2.19 bits per heavy atom. The zero-order valence-corrected chi connectivity index (χ0v) is 10.7. The Morgan fingerprint density at radius 1 is 1.44 bits per heavy atom. The van der Waals surface area contributed by atoms with E-state index in [9.17, 15) is 0 Å². The molecule has 0 bridgehead atoms. The fraction of sp³-hybridized carbons (Fsp3) is 0.500. The smallest absolute Gasteiger partial charge is 0.119 e. The second-order valence-corrected chi connectivity index (χ2v) is 5.10. The average molecular weight is 285 g/mol. The van der Waals surface area contributed by atoms with Crippen molar-refractivity contribution in [3.63, 3.8) is 0 Å². The third-order valence-corrected chi connectivity index (χ3v) is 3.49. The zero-order valence-electron chi connectivity index (χ0n) is 9.16. The highest BCUT2D eigenvalue weighted by atomic mass is 79.9. The van der Waals surface area contributed by atoms with E-state index in [1.165, 1.54) is 0 Å². The second kappa shape index (κ2) is 5.66. The highest BCUT2D eigenvalue weighted by molar-refractivity contribution is 9.10. The van der Waals surface area contributed by atoms with Crippen LogP contribution in [0, 0.1) is 5.92 Å². The summed E-state index contributed by atoms with van der Waals surface area (Å²) in [6.07, 6.45) is 1.16. The van der Waals surface area contributed by atoms with Gasteiger partial charge in [0.15, 0.2) is 0 Å². The van der Waals surface area contributed by atoms with Crippen LogP contribution in [0.5, 0.6) is 5.75 Å². The van der Waals surface area contributed by atoms with Crippen LogP contribution in [0.15, 0.2) is 28.7 Å². The van der Waals surface area contributed by atoms with Crippen LogP contribution in [-0.2, 0) is 0 Å². The van der Waals surface area contributed by atoms with Crippen molar-refractivity contribution in [2.45, 2.75) is 12.5 Å². The van der Waals surface area contributed by atoms with Crippen molar-refractivity contribution in [3.8, 4) is 5.75 Å². The molecule has 1 heterocycles. The van der Waals surface area contributed by atoms with Crippen LogP contribution >= 0.6 is 15.9 Å². The SMILES string of the molecule is NC(COc1ccc(Br)cc1)C1CCNC1. The maximum absolute atomic E-state index is 6.08. The molecular formula is C12H17BrN2O. The molecule has 2 rings (SSSR count). The van der Waals surface area contributed by atoms with Gasteiger partial charge in [0, 0.05) is 10.5 Å². The molecule has 0 radical (unpaired) electrons. The van der Waals surface area contributed by atoms with Crippen molar-refractivity contribution in [2.75, 3.05) is 19.7 Å². The van der Waals surface area contributed by atoms with E-state index in [1.807, 2.05) is 24.3 Å². The van der Waals surface area contributed by atoms with Crippen molar-refractivity contribution in [2.24, 2.45) is 11.7 Å². The molecule has 2 unspecified atom stereocenters. The fourth-order valence-corrected chi connectivity index (χ4v) is 2.17. The lowest BCUT2D eigenvalue weighted by Crippen LogP contribution is -2.37. The van der Waals surface area contributed by atoms with Gasteiger partial charge in [-0.05, 0) is 49.7 Å². The van der Waals surface area contributed by atoms with Crippen LogP contribution in [0.4, 0.5) is 0 Å². The molecule has 0 aliphatic carbocycles. The summed E-state index contributed by atoms with van der Waals surface area (Å²) in [5, 5.41) is 3.32. The van der Waals surface area contributed by atoms with Crippen molar-refractivity contribution < 1.29 is 4.74 Å². The standard InChI is InChI=1S/C12H17BrN2O/c13-10-1-3-11(4-2-10)16-8-12(14)9-5-6-15-7-9/h1-4,9,12,15H,5-8,14H2. The lowest BCUT2D eigenvalue weighted by atomic mass is 10.0. The van der Waals surface area contributed by atoms with Gasteiger partial charge in [0.05, 0.1) is 0 Å². The van der Waals surface area contributed by atoms with Crippen molar-refractivity contribution >= 4 is 15.9 Å². The molecule has 3 nitrogen and oxygen atoms in total. The average Bonchev–Trinajstić information content (AvgIpc) is 2.81. The van der Waals surface area contributed by atoms with E-state index >= 15 is 0 Å². The number of hydrogen-bond donors (Lipinski definition) is 2. The molecule has 1 aliphatic heterocycles. The third kappa shape index (κ3) is 3.20. The van der Waals surface area contributed by atoms with E-state index in [-0.39, 0.29) is 6.04 Å². The first kappa shape index (κ1) is 11.9. The molecule has 16 heavy (non-hydrogen) atoms. The number of nitrogens with two attached hydrogens (primary N) is 1. The normalized spacial score (nSPS) is 22.0. The molecule has 1 aromatic rings. The van der Waals surface area contributed by atoms with Crippen LogP contribution < -0.4 is 15.8 Å². The Bertz CT molecular complexity index is 322. The minimum absolute atomic E-state index is 0.124. The highest BCUT2D eigenvalue weighted by Gasteiger charge is 2.21. The summed E-state index contributed by atoms with van der Waals surface area (Å²) >= 11 is 3.39. The van der Waals surface area contributed by atoms with Gasteiger partial charge in [0.2, 0.25) is 0 Å². The van der Waals surface area contributed by atoms with Crippen LogP contribution in [0.1, 0.15) is 6.42 Å². The molecule has 0 amide bonds. The zero-order chi connectivity index (χ0) is 11.4. The van der Waals surface area contributed by atoms with Gasteiger partial charge in [0.25, 0.3) is 0 Å². The highest BCUT2D eigenvalue weighted by Crippen LogP contribution is 2.17. The van der Waals surface area contributed by atoms with E-state index in [0.717, 1.165) is 29.7 Å². The molecular weight excluding hydrogens is 268 g/mol. The molecule has 0 saturated carbocycles. The molecule has 3 N–H and O–H groups in total. The molecule has 1 aliphatic rings. The molecule has 88 valence electrons. The summed E-state index contributed by atoms with van der Waals surface area (Å²) in [5.74, 6) is 1.43. The maximum Gasteiger partial charge on any atom is 0.119 e. The first-order valence-corrected chi connectivity index (χ1v) is 6.39. The van der Waals surface area contributed by atoms with Gasteiger partial charge in [-0.15, -0.1) is 0 Å². The third-order valence-electron chi connectivity index (χ3n) is 2.96. The van der Waals surface area contributed by atoms with Gasteiger partial charge in [0.1, 0.15) is 12.4 Å². The minimum Gasteiger partial charge on any atom is -0.492 e. The molecule has 2 atom stereocenters. The molecule has 4 heteroatoms. The Hall–Kier alpha value is -0.580. The van der Waals surface area contributed by atoms with Crippen molar-refractivity contribution in [1.29, 1.82) is 0 Å². The predicted molar refractivity (Wildman–Crippen MR) is 68.6 cm³/mol. The summed E-state index contributed by atoms with van der Waals surface area (Å²) in [5.41, 5.74) is 6.08. The molecule has 0 aromatic heterocycles. The summed E-state index contributed by atoms with van der Waals surface area (Å²) in [6, 6.07) is 7.96. The van der Waals surface area contributed by atoms with E-state index in [2.05, 4.69) is 21.2 Å². The lowest BCUT2D eigenvalue weighted by Gasteiger charge is -2.18. The summed E-state index contributed by atoms with van der Waals surface area (Å²) in [4.78, 5) is 0. The second-order valence-electron chi connectivity index (χ2n) is 4.18. The largest absolute Gasteiger partial charge is 0.492 e. The number of ether oxygens (including phenoxy) is 1. The van der Waals surface area contributed by atoms with Gasteiger partial charge in [-0.25, -0.2) is 0 Å². The first-order valence-electron chi connectivity index (χ1n) is 5.60.